The van der Waals surface area contributed by atoms with E-state index in [0.717, 1.165) is 18.3 Å². The molecule has 0 N–H and O–H groups in total. The molecule has 0 aromatic carbocycles. The van der Waals surface area contributed by atoms with Crippen molar-refractivity contribution in [1.29, 1.82) is 0 Å². The summed E-state index contributed by atoms with van der Waals surface area (Å²) >= 11 is 4.22. The summed E-state index contributed by atoms with van der Waals surface area (Å²) < 4.78 is 0. The van der Waals surface area contributed by atoms with Crippen LogP contribution in [0.15, 0.2) is 12.2 Å². The van der Waals surface area contributed by atoms with Crippen molar-refractivity contribution in [1.82, 2.24) is 4.90 Å². The molecule has 0 saturated heterocycles. The lowest BCUT2D eigenvalue weighted by Crippen LogP contribution is -2.29. The predicted molar refractivity (Wildman–Crippen MR) is 57.9 cm³/mol. The van der Waals surface area contributed by atoms with Crippen LogP contribution in [0.2, 0.25) is 0 Å². The zero-order valence-corrected chi connectivity index (χ0v) is 8.82. The molecule has 1 saturated carbocycles. The molecule has 1 nitrogen and oxygen atoms in total. The van der Waals surface area contributed by atoms with Crippen LogP contribution in [0.5, 0.6) is 0 Å². The average molecular weight is 185 g/mol. The quantitative estimate of drug-likeness (QED) is 0.491. The van der Waals surface area contributed by atoms with Gasteiger partial charge in [0.1, 0.15) is 0 Å². The maximum atomic E-state index is 4.22. The Morgan fingerprint density at radius 2 is 2.25 bits per heavy atom. The Balaban J connectivity index is 2.26. The Bertz CT molecular complexity index is 152. The number of hydrogen-bond acceptors (Lipinski definition) is 2. The van der Waals surface area contributed by atoms with E-state index in [2.05, 4.69) is 31.0 Å². The first-order valence-corrected chi connectivity index (χ1v) is 5.42. The fraction of sp³-hybridized carbons (Fsp3) is 0.800. The Morgan fingerprint density at radius 3 is 2.67 bits per heavy atom. The predicted octanol–water partition coefficient (Wildman–Crippen LogP) is 2.35. The Hall–Kier alpha value is 0.0500. The van der Waals surface area contributed by atoms with Gasteiger partial charge in [-0.3, -0.25) is 4.90 Å². The Morgan fingerprint density at radius 1 is 1.58 bits per heavy atom. The van der Waals surface area contributed by atoms with Crippen molar-refractivity contribution in [2.45, 2.75) is 32.2 Å². The highest BCUT2D eigenvalue weighted by atomic mass is 32.1. The Kier molecular flexibility index (Phi) is 4.16. The van der Waals surface area contributed by atoms with Crippen molar-refractivity contribution in [3.63, 3.8) is 0 Å². The average Bonchev–Trinajstić information content (AvgIpc) is 2.86. The van der Waals surface area contributed by atoms with E-state index >= 15 is 0 Å². The second-order valence-electron chi connectivity index (χ2n) is 3.61. The molecule has 70 valence electrons. The van der Waals surface area contributed by atoms with Gasteiger partial charge in [0.2, 0.25) is 0 Å². The van der Waals surface area contributed by atoms with E-state index < -0.39 is 0 Å². The van der Waals surface area contributed by atoms with E-state index in [1.807, 2.05) is 0 Å². The van der Waals surface area contributed by atoms with Crippen molar-refractivity contribution in [2.24, 2.45) is 0 Å². The lowest BCUT2D eigenvalue weighted by Gasteiger charge is -2.21. The largest absolute Gasteiger partial charge is 0.296 e. The third-order valence-corrected chi connectivity index (χ3v) is 2.67. The standard InChI is InChI=1S/C10H19NS/c1-3-6-11(10-4-5-10)7-9(2)8-12/h10,12H,2-8H2,1H3. The minimum Gasteiger partial charge on any atom is -0.296 e. The normalized spacial score (nSPS) is 16.9. The van der Waals surface area contributed by atoms with Gasteiger partial charge in [-0.1, -0.05) is 19.1 Å². The van der Waals surface area contributed by atoms with Crippen LogP contribution in [0, 0.1) is 0 Å². The molecule has 12 heavy (non-hydrogen) atoms. The third kappa shape index (κ3) is 3.20. The van der Waals surface area contributed by atoms with Gasteiger partial charge in [0.05, 0.1) is 0 Å². The summed E-state index contributed by atoms with van der Waals surface area (Å²) in [4.78, 5) is 2.54. The monoisotopic (exact) mass is 185 g/mol. The minimum atomic E-state index is 0.826. The molecule has 0 heterocycles. The first-order chi connectivity index (χ1) is 5.77. The van der Waals surface area contributed by atoms with Gasteiger partial charge < -0.3 is 0 Å². The van der Waals surface area contributed by atoms with Crippen LogP contribution in [0.3, 0.4) is 0 Å². The molecule has 1 aliphatic carbocycles. The Labute approximate surface area is 81.2 Å². The molecule has 0 atom stereocenters. The zero-order valence-electron chi connectivity index (χ0n) is 7.92. The highest BCUT2D eigenvalue weighted by Crippen LogP contribution is 2.27. The number of thiol groups is 1. The van der Waals surface area contributed by atoms with Crippen molar-refractivity contribution in [2.75, 3.05) is 18.8 Å². The smallest absolute Gasteiger partial charge is 0.0201 e. The van der Waals surface area contributed by atoms with E-state index in [1.54, 1.807) is 0 Å². The first-order valence-electron chi connectivity index (χ1n) is 4.79. The molecule has 1 fully saturated rings. The molecule has 1 aliphatic rings. The minimum absolute atomic E-state index is 0.826. The summed E-state index contributed by atoms with van der Waals surface area (Å²) in [6.07, 6.45) is 4.02. The highest BCUT2D eigenvalue weighted by molar-refractivity contribution is 7.80. The number of nitrogens with zero attached hydrogens (tertiary/aromatic N) is 1. The summed E-state index contributed by atoms with van der Waals surface area (Å²) in [5, 5.41) is 0. The molecule has 0 spiro atoms. The highest BCUT2D eigenvalue weighted by Gasteiger charge is 2.27. The molecule has 0 aromatic rings. The van der Waals surface area contributed by atoms with Crippen LogP contribution in [0.4, 0.5) is 0 Å². The molecular formula is C10H19NS. The van der Waals surface area contributed by atoms with Crippen molar-refractivity contribution in [3.05, 3.63) is 12.2 Å². The van der Waals surface area contributed by atoms with Gasteiger partial charge in [0.25, 0.3) is 0 Å². The van der Waals surface area contributed by atoms with Crippen LogP contribution in [-0.2, 0) is 0 Å². The van der Waals surface area contributed by atoms with E-state index in [-0.39, 0.29) is 0 Å². The van der Waals surface area contributed by atoms with Crippen molar-refractivity contribution < 1.29 is 0 Å². The summed E-state index contributed by atoms with van der Waals surface area (Å²) in [6, 6.07) is 0.863. The number of hydrogen-bond donors (Lipinski definition) is 1. The lowest BCUT2D eigenvalue weighted by molar-refractivity contribution is 0.287. The first kappa shape index (κ1) is 10.1. The fourth-order valence-electron chi connectivity index (χ4n) is 1.45. The van der Waals surface area contributed by atoms with Crippen LogP contribution < -0.4 is 0 Å². The van der Waals surface area contributed by atoms with Crippen molar-refractivity contribution >= 4 is 12.6 Å². The van der Waals surface area contributed by atoms with E-state index in [4.69, 9.17) is 0 Å². The zero-order chi connectivity index (χ0) is 8.97. The van der Waals surface area contributed by atoms with Gasteiger partial charge in [-0.25, -0.2) is 0 Å². The molecule has 2 heteroatoms. The topological polar surface area (TPSA) is 3.24 Å². The van der Waals surface area contributed by atoms with Gasteiger partial charge in [0.15, 0.2) is 0 Å². The molecule has 0 bridgehead atoms. The maximum Gasteiger partial charge on any atom is 0.0201 e. The summed E-state index contributed by atoms with van der Waals surface area (Å²) in [7, 11) is 0. The molecule has 1 rings (SSSR count). The second-order valence-corrected chi connectivity index (χ2v) is 3.93. The number of rotatable bonds is 6. The van der Waals surface area contributed by atoms with Crippen LogP contribution >= 0.6 is 12.6 Å². The van der Waals surface area contributed by atoms with Gasteiger partial charge >= 0.3 is 0 Å². The van der Waals surface area contributed by atoms with Gasteiger partial charge in [-0.15, -0.1) is 0 Å². The summed E-state index contributed by atoms with van der Waals surface area (Å²) in [5.41, 5.74) is 1.25. The summed E-state index contributed by atoms with van der Waals surface area (Å²) in [5.74, 6) is 0.826. The van der Waals surface area contributed by atoms with Crippen molar-refractivity contribution in [3.8, 4) is 0 Å². The molecule has 0 aliphatic heterocycles. The SMILES string of the molecule is C=C(CS)CN(CCC)C1CC1. The van der Waals surface area contributed by atoms with Gasteiger partial charge in [0, 0.05) is 18.3 Å². The van der Waals surface area contributed by atoms with Crippen LogP contribution in [-0.4, -0.2) is 29.8 Å². The third-order valence-electron chi connectivity index (χ3n) is 2.22. The van der Waals surface area contributed by atoms with Crippen LogP contribution in [0.25, 0.3) is 0 Å². The van der Waals surface area contributed by atoms with Gasteiger partial charge in [-0.2, -0.15) is 12.6 Å². The molecular weight excluding hydrogens is 166 g/mol. The van der Waals surface area contributed by atoms with E-state index in [9.17, 15) is 0 Å². The van der Waals surface area contributed by atoms with E-state index in [1.165, 1.54) is 31.4 Å². The lowest BCUT2D eigenvalue weighted by atomic mass is 10.3. The molecule has 0 aromatic heterocycles. The maximum absolute atomic E-state index is 4.22. The molecule has 0 radical (unpaired) electrons. The second kappa shape index (κ2) is 4.93. The summed E-state index contributed by atoms with van der Waals surface area (Å²) in [6.45, 7) is 8.50. The van der Waals surface area contributed by atoms with Crippen LogP contribution in [0.1, 0.15) is 26.2 Å². The fourth-order valence-corrected chi connectivity index (χ4v) is 1.55. The molecule has 0 unspecified atom stereocenters. The molecule has 0 amide bonds. The van der Waals surface area contributed by atoms with Gasteiger partial charge in [-0.05, 0) is 25.8 Å². The van der Waals surface area contributed by atoms with E-state index in [0.29, 0.717) is 0 Å².